The lowest BCUT2D eigenvalue weighted by atomic mass is 9.94. The van der Waals surface area contributed by atoms with Gasteiger partial charge in [-0.3, -0.25) is 14.4 Å². The molecule has 2 N–H and O–H groups in total. The molecule has 3 atom stereocenters. The first kappa shape index (κ1) is 36.6. The Balaban J connectivity index is 1.25. The minimum Gasteiger partial charge on any atom is -0.461 e. The fourth-order valence-electron chi connectivity index (χ4n) is 7.87. The molecule has 0 aliphatic carbocycles. The zero-order valence-electron chi connectivity index (χ0n) is 28.8. The predicted molar refractivity (Wildman–Crippen MR) is 179 cm³/mol. The van der Waals surface area contributed by atoms with E-state index < -0.39 is 46.6 Å². The quantitative estimate of drug-likeness (QED) is 0.237. The molecule has 0 radical (unpaired) electrons. The molecule has 1 aromatic carbocycles. The van der Waals surface area contributed by atoms with Crippen LogP contribution in [0.15, 0.2) is 12.1 Å². The maximum absolute atomic E-state index is 15.4. The molecule has 7 rings (SSSR count). The van der Waals surface area contributed by atoms with Crippen molar-refractivity contribution in [3.8, 4) is 6.01 Å². The predicted octanol–water partition coefficient (Wildman–Crippen LogP) is 4.96. The Morgan fingerprint density at radius 2 is 2.02 bits per heavy atom. The molecule has 3 aromatic rings. The standard InChI is InChI=1S/C34H40ClF5N8O4/c1-45(11-12-50-2)31(49)29-27(35)24-16-46(8-4-10-48(24)44-29)30-20-17-51-25(26-21(34(38,39)40)5-6-22(41)28(26)37)13-23(20)42-32(43-30)52-18-33-7-3-9-47(33)15-19(36)14-33/h5-6,19,25H,3-4,7-18,41H2,1-2H3/t19-,25?,33+/m1/s1. The van der Waals surface area contributed by atoms with Gasteiger partial charge in [-0.25, -0.2) is 8.78 Å². The Labute approximate surface area is 301 Å². The molecular formula is C34H40ClF5N8O4. The molecular weight excluding hydrogens is 715 g/mol. The van der Waals surface area contributed by atoms with Crippen LogP contribution < -0.4 is 15.4 Å². The Kier molecular flexibility index (Phi) is 9.99. The number of fused-ring (bicyclic) bond motifs is 3. The molecule has 6 heterocycles. The zero-order chi connectivity index (χ0) is 36.9. The highest BCUT2D eigenvalue weighted by molar-refractivity contribution is 6.34. The number of nitrogens with two attached hydrogens (primary N) is 1. The van der Waals surface area contributed by atoms with Crippen molar-refractivity contribution in [1.82, 2.24) is 29.5 Å². The summed E-state index contributed by atoms with van der Waals surface area (Å²) < 4.78 is 91.3. The molecule has 2 fully saturated rings. The van der Waals surface area contributed by atoms with Gasteiger partial charge in [0.25, 0.3) is 5.91 Å². The van der Waals surface area contributed by atoms with E-state index >= 15 is 4.39 Å². The van der Waals surface area contributed by atoms with Crippen molar-refractivity contribution in [3.05, 3.63) is 56.7 Å². The molecule has 1 unspecified atom stereocenters. The first-order valence-corrected chi connectivity index (χ1v) is 17.6. The summed E-state index contributed by atoms with van der Waals surface area (Å²) in [5, 5.41) is 4.73. The van der Waals surface area contributed by atoms with Crippen LogP contribution in [0.4, 0.5) is 33.5 Å². The van der Waals surface area contributed by atoms with Crippen LogP contribution in [0, 0.1) is 5.82 Å². The van der Waals surface area contributed by atoms with Crippen LogP contribution in [0.3, 0.4) is 0 Å². The number of benzene rings is 1. The highest BCUT2D eigenvalue weighted by atomic mass is 35.5. The third-order valence-corrected chi connectivity index (χ3v) is 10.9. The van der Waals surface area contributed by atoms with E-state index in [9.17, 15) is 22.4 Å². The van der Waals surface area contributed by atoms with E-state index in [0.717, 1.165) is 31.5 Å². The van der Waals surface area contributed by atoms with Crippen LogP contribution in [-0.2, 0) is 41.8 Å². The van der Waals surface area contributed by atoms with Gasteiger partial charge in [-0.1, -0.05) is 11.6 Å². The molecule has 52 heavy (non-hydrogen) atoms. The van der Waals surface area contributed by atoms with Gasteiger partial charge in [-0.15, -0.1) is 0 Å². The number of likely N-dealkylation sites (N-methyl/N-ethyl adjacent to an activating group) is 1. The smallest absolute Gasteiger partial charge is 0.416 e. The summed E-state index contributed by atoms with van der Waals surface area (Å²) in [4.78, 5) is 28.2. The number of carbonyl (C=O) groups excluding carboxylic acids is 1. The van der Waals surface area contributed by atoms with Crippen LogP contribution in [-0.4, -0.2) is 101 Å². The van der Waals surface area contributed by atoms with E-state index in [2.05, 4.69) is 15.0 Å². The van der Waals surface area contributed by atoms with Crippen molar-refractivity contribution in [3.63, 3.8) is 0 Å². The lowest BCUT2D eigenvalue weighted by molar-refractivity contribution is -0.140. The Bertz CT molecular complexity index is 1850. The number of carbonyl (C=O) groups is 1. The van der Waals surface area contributed by atoms with Crippen molar-refractivity contribution in [2.75, 3.05) is 64.2 Å². The molecule has 282 valence electrons. The number of nitrogen functional groups attached to an aromatic ring is 1. The lowest BCUT2D eigenvalue weighted by Gasteiger charge is -2.33. The number of amides is 1. The summed E-state index contributed by atoms with van der Waals surface area (Å²) >= 11 is 6.82. The fourth-order valence-corrected chi connectivity index (χ4v) is 8.15. The van der Waals surface area contributed by atoms with Gasteiger partial charge in [-0.2, -0.15) is 28.2 Å². The van der Waals surface area contributed by atoms with Gasteiger partial charge in [0.1, 0.15) is 18.6 Å². The third-order valence-electron chi connectivity index (χ3n) is 10.5. The Hall–Kier alpha value is -3.80. The van der Waals surface area contributed by atoms with E-state index in [1.54, 1.807) is 18.8 Å². The summed E-state index contributed by atoms with van der Waals surface area (Å²) in [6.45, 7) is 2.72. The number of aromatic nitrogens is 4. The number of rotatable bonds is 9. The molecule has 2 aromatic heterocycles. The molecule has 0 bridgehead atoms. The van der Waals surface area contributed by atoms with Gasteiger partial charge in [0, 0.05) is 64.3 Å². The van der Waals surface area contributed by atoms with Crippen LogP contribution in [0.1, 0.15) is 70.4 Å². The number of hydrogen-bond acceptors (Lipinski definition) is 10. The van der Waals surface area contributed by atoms with E-state index in [1.165, 1.54) is 4.90 Å². The van der Waals surface area contributed by atoms with Crippen LogP contribution >= 0.6 is 11.6 Å². The molecule has 0 spiro atoms. The van der Waals surface area contributed by atoms with E-state index in [4.69, 9.17) is 36.5 Å². The fraction of sp³-hybridized carbons (Fsp3) is 0.588. The van der Waals surface area contributed by atoms with Gasteiger partial charge in [0.05, 0.1) is 59.1 Å². The lowest BCUT2D eigenvalue weighted by Crippen LogP contribution is -2.43. The first-order chi connectivity index (χ1) is 24.8. The van der Waals surface area contributed by atoms with Crippen molar-refractivity contribution in [2.24, 2.45) is 0 Å². The topological polar surface area (TPSA) is 124 Å². The zero-order valence-corrected chi connectivity index (χ0v) is 29.6. The van der Waals surface area contributed by atoms with Gasteiger partial charge >= 0.3 is 12.2 Å². The number of halogens is 6. The van der Waals surface area contributed by atoms with E-state index in [-0.39, 0.29) is 48.8 Å². The second kappa shape index (κ2) is 14.2. The van der Waals surface area contributed by atoms with E-state index in [0.29, 0.717) is 68.4 Å². The summed E-state index contributed by atoms with van der Waals surface area (Å²) in [7, 11) is 3.17. The highest BCUT2D eigenvalue weighted by Crippen LogP contribution is 2.44. The van der Waals surface area contributed by atoms with Gasteiger partial charge in [0.15, 0.2) is 11.5 Å². The average molecular weight is 755 g/mol. The SMILES string of the molecule is COCCN(C)C(=O)c1nn2c(c1Cl)CN(c1nc(OC[C@@]34CCCN3C[C@H](F)C4)nc3c1COC(c1c(C(F)(F)F)ccc(N)c1F)C3)CCC2. The maximum atomic E-state index is 15.4. The Morgan fingerprint density at radius 3 is 2.79 bits per heavy atom. The summed E-state index contributed by atoms with van der Waals surface area (Å²) in [6.07, 6.45) is -4.91. The Morgan fingerprint density at radius 1 is 1.21 bits per heavy atom. The summed E-state index contributed by atoms with van der Waals surface area (Å²) in [5.41, 5.74) is 4.38. The monoisotopic (exact) mass is 754 g/mol. The highest BCUT2D eigenvalue weighted by Gasteiger charge is 2.49. The van der Waals surface area contributed by atoms with Crippen molar-refractivity contribution in [1.29, 1.82) is 0 Å². The van der Waals surface area contributed by atoms with Crippen molar-refractivity contribution in [2.45, 2.75) is 75.8 Å². The van der Waals surface area contributed by atoms with Gasteiger partial charge < -0.3 is 29.7 Å². The average Bonchev–Trinajstić information content (AvgIpc) is 3.68. The largest absolute Gasteiger partial charge is 0.461 e. The number of aryl methyl sites for hydroxylation is 1. The number of methoxy groups -OCH3 is 1. The minimum atomic E-state index is -4.87. The molecule has 2 saturated heterocycles. The molecule has 0 saturated carbocycles. The molecule has 1 amide bonds. The van der Waals surface area contributed by atoms with Crippen LogP contribution in [0.5, 0.6) is 6.01 Å². The summed E-state index contributed by atoms with van der Waals surface area (Å²) in [5.74, 6) is -1.17. The second-order valence-corrected chi connectivity index (χ2v) is 14.3. The number of hydrogen-bond donors (Lipinski definition) is 1. The van der Waals surface area contributed by atoms with Crippen molar-refractivity contribution >= 4 is 29.0 Å². The number of alkyl halides is 4. The maximum Gasteiger partial charge on any atom is 0.416 e. The summed E-state index contributed by atoms with van der Waals surface area (Å²) in [6, 6.07) is 1.59. The first-order valence-electron chi connectivity index (χ1n) is 17.2. The third kappa shape index (κ3) is 6.76. The number of nitrogens with zero attached hydrogens (tertiary/aromatic N) is 7. The molecule has 18 heteroatoms. The normalized spacial score (nSPS) is 23.3. The van der Waals surface area contributed by atoms with Crippen LogP contribution in [0.2, 0.25) is 5.02 Å². The van der Waals surface area contributed by atoms with Crippen LogP contribution in [0.25, 0.3) is 0 Å². The second-order valence-electron chi connectivity index (χ2n) is 13.9. The van der Waals surface area contributed by atoms with Gasteiger partial charge in [0.2, 0.25) is 0 Å². The number of anilines is 2. The molecule has 4 aliphatic rings. The number of ether oxygens (including phenoxy) is 3. The van der Waals surface area contributed by atoms with E-state index in [1.807, 2.05) is 4.90 Å². The molecule has 12 nitrogen and oxygen atoms in total. The van der Waals surface area contributed by atoms with Crippen molar-refractivity contribution < 1.29 is 41.0 Å². The molecule has 4 aliphatic heterocycles. The van der Waals surface area contributed by atoms with Gasteiger partial charge in [-0.05, 0) is 37.9 Å². The minimum absolute atomic E-state index is 0.0403.